The van der Waals surface area contributed by atoms with Gasteiger partial charge in [0.25, 0.3) is 0 Å². The lowest BCUT2D eigenvalue weighted by Crippen LogP contribution is -2.51. The fourth-order valence-corrected chi connectivity index (χ4v) is 4.00. The molecule has 3 fully saturated rings. The van der Waals surface area contributed by atoms with Crippen molar-refractivity contribution in [3.8, 4) is 0 Å². The van der Waals surface area contributed by atoms with E-state index in [1.54, 1.807) is 0 Å². The zero-order valence-electron chi connectivity index (χ0n) is 14.3. The van der Waals surface area contributed by atoms with E-state index in [0.29, 0.717) is 24.3 Å². The number of likely N-dealkylation sites (tertiary alicyclic amines) is 1. The second-order valence-corrected chi connectivity index (χ2v) is 7.38. The minimum atomic E-state index is 0.393. The molecular formula is C17H32N4O. The molecule has 0 spiro atoms. The Bertz CT molecular complexity index is 392. The van der Waals surface area contributed by atoms with E-state index in [1.807, 2.05) is 7.05 Å². The van der Waals surface area contributed by atoms with Crippen molar-refractivity contribution in [1.29, 1.82) is 0 Å². The molecule has 3 heterocycles. The van der Waals surface area contributed by atoms with Crippen LogP contribution < -0.4 is 10.6 Å². The summed E-state index contributed by atoms with van der Waals surface area (Å²) in [5.74, 6) is 1.82. The van der Waals surface area contributed by atoms with E-state index in [2.05, 4.69) is 34.4 Å². The molecule has 0 amide bonds. The molecular weight excluding hydrogens is 276 g/mol. The van der Waals surface area contributed by atoms with Gasteiger partial charge in [-0.1, -0.05) is 6.92 Å². The standard InChI is InChI=1S/C17H32N4O/c1-12-6-8-21(9-7-12)13(2)11-19-17(18-3)20-15-10-14-4-5-16(15)22-14/h12-16H,4-11H2,1-3H3,(H2,18,19,20). The minimum Gasteiger partial charge on any atom is -0.373 e. The Hall–Kier alpha value is -0.810. The first-order chi connectivity index (χ1) is 10.7. The average molecular weight is 308 g/mol. The van der Waals surface area contributed by atoms with Gasteiger partial charge in [0.1, 0.15) is 0 Å². The van der Waals surface area contributed by atoms with Gasteiger partial charge >= 0.3 is 0 Å². The summed E-state index contributed by atoms with van der Waals surface area (Å²) in [5, 5.41) is 7.06. The lowest BCUT2D eigenvalue weighted by molar-refractivity contribution is 0.0992. The van der Waals surface area contributed by atoms with Crippen molar-refractivity contribution in [2.45, 2.75) is 70.2 Å². The highest BCUT2D eigenvalue weighted by molar-refractivity contribution is 5.80. The van der Waals surface area contributed by atoms with Gasteiger partial charge in [-0.2, -0.15) is 0 Å². The lowest BCUT2D eigenvalue weighted by atomic mass is 9.96. The Labute approximate surface area is 134 Å². The van der Waals surface area contributed by atoms with Crippen molar-refractivity contribution < 1.29 is 4.74 Å². The molecule has 3 rings (SSSR count). The van der Waals surface area contributed by atoms with Crippen LogP contribution in [0.25, 0.3) is 0 Å². The Balaban J connectivity index is 1.41. The highest BCUT2D eigenvalue weighted by atomic mass is 16.5. The van der Waals surface area contributed by atoms with E-state index in [1.165, 1.54) is 38.8 Å². The summed E-state index contributed by atoms with van der Waals surface area (Å²) in [4.78, 5) is 6.98. The molecule has 3 aliphatic heterocycles. The van der Waals surface area contributed by atoms with Gasteiger partial charge in [0, 0.05) is 19.6 Å². The Morgan fingerprint density at radius 2 is 2.05 bits per heavy atom. The first-order valence-corrected chi connectivity index (χ1v) is 9.02. The normalized spacial score (nSPS) is 34.9. The van der Waals surface area contributed by atoms with Crippen molar-refractivity contribution in [3.05, 3.63) is 0 Å². The van der Waals surface area contributed by atoms with Gasteiger partial charge in [0.15, 0.2) is 5.96 Å². The molecule has 126 valence electrons. The monoisotopic (exact) mass is 308 g/mol. The summed E-state index contributed by atoms with van der Waals surface area (Å²) in [7, 11) is 1.86. The Morgan fingerprint density at radius 1 is 1.27 bits per heavy atom. The summed E-state index contributed by atoms with van der Waals surface area (Å²) >= 11 is 0. The highest BCUT2D eigenvalue weighted by Gasteiger charge is 2.41. The number of fused-ring (bicyclic) bond motifs is 2. The summed E-state index contributed by atoms with van der Waals surface area (Å²) in [6, 6.07) is 0.999. The number of nitrogens with zero attached hydrogens (tertiary/aromatic N) is 2. The molecule has 0 aliphatic carbocycles. The fourth-order valence-electron chi connectivity index (χ4n) is 4.00. The number of rotatable bonds is 4. The van der Waals surface area contributed by atoms with E-state index in [0.717, 1.165) is 24.8 Å². The molecule has 22 heavy (non-hydrogen) atoms. The first-order valence-electron chi connectivity index (χ1n) is 9.02. The molecule has 3 saturated heterocycles. The number of aliphatic imine (C=N–C) groups is 1. The van der Waals surface area contributed by atoms with Gasteiger partial charge in [-0.3, -0.25) is 9.89 Å². The van der Waals surface area contributed by atoms with Gasteiger partial charge < -0.3 is 15.4 Å². The van der Waals surface area contributed by atoms with E-state index in [-0.39, 0.29) is 0 Å². The highest BCUT2D eigenvalue weighted by Crippen LogP contribution is 2.34. The molecule has 2 N–H and O–H groups in total. The molecule has 4 atom stereocenters. The number of guanidine groups is 1. The quantitative estimate of drug-likeness (QED) is 0.612. The Kier molecular flexibility index (Phi) is 5.24. The van der Waals surface area contributed by atoms with Crippen LogP contribution in [0.2, 0.25) is 0 Å². The van der Waals surface area contributed by atoms with Crippen LogP contribution in [0.1, 0.15) is 46.0 Å². The first kappa shape index (κ1) is 16.1. The SMILES string of the molecule is CN=C(NCC(C)N1CCC(C)CC1)NC1CC2CCC1O2. The minimum absolute atomic E-state index is 0.393. The predicted molar refractivity (Wildman–Crippen MR) is 90.2 cm³/mol. The smallest absolute Gasteiger partial charge is 0.191 e. The topological polar surface area (TPSA) is 48.9 Å². The van der Waals surface area contributed by atoms with Gasteiger partial charge in [-0.25, -0.2) is 0 Å². The van der Waals surface area contributed by atoms with Crippen LogP contribution in [0.3, 0.4) is 0 Å². The zero-order chi connectivity index (χ0) is 15.5. The number of piperidine rings is 1. The third-order valence-corrected chi connectivity index (χ3v) is 5.66. The summed E-state index contributed by atoms with van der Waals surface area (Å²) in [6.07, 6.45) is 7.10. The van der Waals surface area contributed by atoms with Crippen molar-refractivity contribution in [1.82, 2.24) is 15.5 Å². The summed E-state index contributed by atoms with van der Waals surface area (Å²) < 4.78 is 5.91. The average Bonchev–Trinajstić information content (AvgIpc) is 3.14. The molecule has 5 nitrogen and oxygen atoms in total. The van der Waals surface area contributed by atoms with Gasteiger partial charge in [-0.15, -0.1) is 0 Å². The zero-order valence-corrected chi connectivity index (χ0v) is 14.3. The number of hydrogen-bond acceptors (Lipinski definition) is 3. The number of hydrogen-bond donors (Lipinski definition) is 2. The third-order valence-electron chi connectivity index (χ3n) is 5.66. The summed E-state index contributed by atoms with van der Waals surface area (Å²) in [6.45, 7) is 8.10. The third kappa shape index (κ3) is 3.74. The van der Waals surface area contributed by atoms with Crippen LogP contribution in [0.15, 0.2) is 4.99 Å². The molecule has 3 aliphatic rings. The second kappa shape index (κ2) is 7.18. The summed E-state index contributed by atoms with van der Waals surface area (Å²) in [5.41, 5.74) is 0. The van der Waals surface area contributed by atoms with E-state index < -0.39 is 0 Å². The molecule has 0 aromatic rings. The van der Waals surface area contributed by atoms with E-state index >= 15 is 0 Å². The van der Waals surface area contributed by atoms with Crippen LogP contribution in [0.5, 0.6) is 0 Å². The molecule has 0 aromatic heterocycles. The van der Waals surface area contributed by atoms with E-state index in [9.17, 15) is 0 Å². The van der Waals surface area contributed by atoms with Crippen molar-refractivity contribution in [3.63, 3.8) is 0 Å². The van der Waals surface area contributed by atoms with Gasteiger partial charge in [0.2, 0.25) is 0 Å². The molecule has 5 heteroatoms. The van der Waals surface area contributed by atoms with Crippen molar-refractivity contribution in [2.24, 2.45) is 10.9 Å². The molecule has 0 saturated carbocycles. The van der Waals surface area contributed by atoms with Crippen LogP contribution in [-0.2, 0) is 4.74 Å². The number of nitrogens with one attached hydrogen (secondary N) is 2. The molecule has 0 aromatic carbocycles. The second-order valence-electron chi connectivity index (χ2n) is 7.38. The van der Waals surface area contributed by atoms with Gasteiger partial charge in [-0.05, 0) is 58.0 Å². The fraction of sp³-hybridized carbons (Fsp3) is 0.941. The molecule has 4 unspecified atom stereocenters. The predicted octanol–water partition coefficient (Wildman–Crippen LogP) is 1.59. The van der Waals surface area contributed by atoms with Crippen LogP contribution in [0, 0.1) is 5.92 Å². The number of ether oxygens (including phenoxy) is 1. The van der Waals surface area contributed by atoms with Crippen LogP contribution in [-0.4, -0.2) is 61.8 Å². The lowest BCUT2D eigenvalue weighted by Gasteiger charge is -2.35. The van der Waals surface area contributed by atoms with Gasteiger partial charge in [0.05, 0.1) is 18.2 Å². The van der Waals surface area contributed by atoms with Crippen LogP contribution >= 0.6 is 0 Å². The largest absolute Gasteiger partial charge is 0.373 e. The molecule has 2 bridgehead atoms. The van der Waals surface area contributed by atoms with E-state index in [4.69, 9.17) is 4.74 Å². The Morgan fingerprint density at radius 3 is 2.64 bits per heavy atom. The maximum Gasteiger partial charge on any atom is 0.191 e. The van der Waals surface area contributed by atoms with Crippen molar-refractivity contribution >= 4 is 5.96 Å². The molecule has 0 radical (unpaired) electrons. The maximum absolute atomic E-state index is 5.91. The maximum atomic E-state index is 5.91. The van der Waals surface area contributed by atoms with Crippen LogP contribution in [0.4, 0.5) is 0 Å². The van der Waals surface area contributed by atoms with Crippen molar-refractivity contribution in [2.75, 3.05) is 26.7 Å².